The number of benzene rings is 1. The van der Waals surface area contributed by atoms with Crippen molar-refractivity contribution in [3.8, 4) is 0 Å². The molecule has 0 aromatic heterocycles. The van der Waals surface area contributed by atoms with E-state index in [2.05, 4.69) is 31.9 Å². The van der Waals surface area contributed by atoms with Gasteiger partial charge >= 0.3 is 0 Å². The number of aryl methyl sites for hydroxylation is 1. The third kappa shape index (κ3) is 2.09. The quantitative estimate of drug-likeness (QED) is 0.831. The van der Waals surface area contributed by atoms with Gasteiger partial charge in [0.15, 0.2) is 0 Å². The summed E-state index contributed by atoms with van der Waals surface area (Å²) in [5.74, 6) is 0. The molecule has 3 heteroatoms. The zero-order chi connectivity index (χ0) is 9.14. The summed E-state index contributed by atoms with van der Waals surface area (Å²) in [4.78, 5) is 0. The molecule has 1 atom stereocenters. The van der Waals surface area contributed by atoms with Crippen LogP contribution in [0.25, 0.3) is 0 Å². The van der Waals surface area contributed by atoms with Crippen molar-refractivity contribution in [2.24, 2.45) is 0 Å². The van der Waals surface area contributed by atoms with Crippen molar-refractivity contribution in [2.45, 2.75) is 13.0 Å². The third-order valence-electron chi connectivity index (χ3n) is 1.73. The van der Waals surface area contributed by atoms with E-state index in [4.69, 9.17) is 0 Å². The van der Waals surface area contributed by atoms with Gasteiger partial charge in [-0.05, 0) is 18.1 Å². The molecule has 0 fully saturated rings. The monoisotopic (exact) mass is 292 g/mol. The maximum atomic E-state index is 9.56. The highest BCUT2D eigenvalue weighted by Crippen LogP contribution is 2.27. The lowest BCUT2D eigenvalue weighted by molar-refractivity contribution is 0.204. The Hall–Kier alpha value is 0.140. The molecule has 0 radical (unpaired) electrons. The fourth-order valence-electron chi connectivity index (χ4n) is 1.01. The molecule has 0 unspecified atom stereocenters. The number of aliphatic hydroxyl groups excluding tert-OH is 1. The average molecular weight is 294 g/mol. The van der Waals surface area contributed by atoms with Gasteiger partial charge in [0.1, 0.15) is 0 Å². The normalized spacial score (nSPS) is 13.0. The van der Waals surface area contributed by atoms with Gasteiger partial charge in [-0.25, -0.2) is 0 Å². The number of hydrogen-bond donors (Lipinski definition) is 1. The molecular formula is C9H10Br2O. The van der Waals surface area contributed by atoms with Crippen LogP contribution in [0, 0.1) is 6.92 Å². The lowest BCUT2D eigenvalue weighted by Gasteiger charge is -2.10. The van der Waals surface area contributed by atoms with E-state index < -0.39 is 6.10 Å². The second-order valence-corrected chi connectivity index (χ2v) is 4.09. The first kappa shape index (κ1) is 10.2. The standard InChI is InChI=1S/C9H10Br2O/c1-6-3-2-4-7(9(6)11)8(12)5-10/h2-4,8,12H,5H2,1H3/t8-/m1/s1. The van der Waals surface area contributed by atoms with Crippen LogP contribution in [0.15, 0.2) is 22.7 Å². The lowest BCUT2D eigenvalue weighted by atomic mass is 10.1. The summed E-state index contributed by atoms with van der Waals surface area (Å²) in [5.41, 5.74) is 2.08. The summed E-state index contributed by atoms with van der Waals surface area (Å²) in [6, 6.07) is 5.87. The third-order valence-corrected chi connectivity index (χ3v) is 3.42. The number of rotatable bonds is 2. The minimum atomic E-state index is -0.431. The smallest absolute Gasteiger partial charge is 0.0897 e. The molecule has 0 aliphatic carbocycles. The molecule has 1 rings (SSSR count). The molecule has 0 aliphatic rings. The molecule has 1 aromatic carbocycles. The van der Waals surface area contributed by atoms with Crippen LogP contribution in [-0.4, -0.2) is 10.4 Å². The van der Waals surface area contributed by atoms with Gasteiger partial charge in [0.25, 0.3) is 0 Å². The molecule has 1 nitrogen and oxygen atoms in total. The van der Waals surface area contributed by atoms with Crippen LogP contribution in [0.3, 0.4) is 0 Å². The molecule has 0 saturated carbocycles. The lowest BCUT2D eigenvalue weighted by Crippen LogP contribution is -1.99. The Morgan fingerprint density at radius 2 is 2.17 bits per heavy atom. The van der Waals surface area contributed by atoms with Crippen molar-refractivity contribution < 1.29 is 5.11 Å². The highest BCUT2D eigenvalue weighted by molar-refractivity contribution is 9.10. The summed E-state index contributed by atoms with van der Waals surface area (Å²) in [6.45, 7) is 2.01. The van der Waals surface area contributed by atoms with E-state index in [-0.39, 0.29) is 0 Å². The Balaban J connectivity index is 3.07. The van der Waals surface area contributed by atoms with Gasteiger partial charge in [0.2, 0.25) is 0 Å². The molecule has 12 heavy (non-hydrogen) atoms. The topological polar surface area (TPSA) is 20.2 Å². The Kier molecular flexibility index (Phi) is 3.75. The van der Waals surface area contributed by atoms with Gasteiger partial charge in [-0.1, -0.05) is 50.1 Å². The molecule has 1 N–H and O–H groups in total. The van der Waals surface area contributed by atoms with Gasteiger partial charge in [0.05, 0.1) is 6.10 Å². The first-order chi connectivity index (χ1) is 5.66. The van der Waals surface area contributed by atoms with Crippen molar-refractivity contribution in [2.75, 3.05) is 5.33 Å². The molecule has 0 heterocycles. The van der Waals surface area contributed by atoms with E-state index in [0.29, 0.717) is 5.33 Å². The fourth-order valence-corrected chi connectivity index (χ4v) is 1.89. The maximum Gasteiger partial charge on any atom is 0.0897 e. The van der Waals surface area contributed by atoms with Crippen LogP contribution in [0.2, 0.25) is 0 Å². The Bertz CT molecular complexity index is 273. The van der Waals surface area contributed by atoms with Crippen LogP contribution in [0.5, 0.6) is 0 Å². The van der Waals surface area contributed by atoms with Crippen LogP contribution in [0.1, 0.15) is 17.2 Å². The Morgan fingerprint density at radius 3 is 2.75 bits per heavy atom. The second-order valence-electron chi connectivity index (χ2n) is 2.65. The predicted octanol–water partition coefficient (Wildman–Crippen LogP) is 3.19. The van der Waals surface area contributed by atoms with E-state index in [0.717, 1.165) is 15.6 Å². The van der Waals surface area contributed by atoms with Crippen molar-refractivity contribution >= 4 is 31.9 Å². The van der Waals surface area contributed by atoms with E-state index in [1.54, 1.807) is 0 Å². The minimum Gasteiger partial charge on any atom is -0.388 e. The Labute approximate surface area is 89.1 Å². The zero-order valence-corrected chi connectivity index (χ0v) is 9.89. The molecular weight excluding hydrogens is 284 g/mol. The molecule has 0 saturated heterocycles. The van der Waals surface area contributed by atoms with Gasteiger partial charge in [-0.3, -0.25) is 0 Å². The SMILES string of the molecule is Cc1cccc([C@H](O)CBr)c1Br. The van der Waals surface area contributed by atoms with Crippen molar-refractivity contribution in [3.05, 3.63) is 33.8 Å². The van der Waals surface area contributed by atoms with E-state index in [1.165, 1.54) is 0 Å². The molecule has 1 aromatic rings. The van der Waals surface area contributed by atoms with Crippen molar-refractivity contribution in [1.82, 2.24) is 0 Å². The van der Waals surface area contributed by atoms with Crippen LogP contribution in [0.4, 0.5) is 0 Å². The summed E-state index contributed by atoms with van der Waals surface area (Å²) < 4.78 is 0.997. The van der Waals surface area contributed by atoms with E-state index in [1.807, 2.05) is 25.1 Å². The summed E-state index contributed by atoms with van der Waals surface area (Å²) in [6.07, 6.45) is -0.431. The average Bonchev–Trinajstić information content (AvgIpc) is 2.08. The summed E-state index contributed by atoms with van der Waals surface area (Å²) in [5, 5.41) is 10.1. The van der Waals surface area contributed by atoms with Crippen LogP contribution >= 0.6 is 31.9 Å². The van der Waals surface area contributed by atoms with Gasteiger partial charge < -0.3 is 5.11 Å². The predicted molar refractivity (Wildman–Crippen MR) is 57.6 cm³/mol. The first-order valence-electron chi connectivity index (χ1n) is 3.66. The number of aliphatic hydroxyl groups is 1. The largest absolute Gasteiger partial charge is 0.388 e. The highest BCUT2D eigenvalue weighted by atomic mass is 79.9. The van der Waals surface area contributed by atoms with Gasteiger partial charge in [-0.15, -0.1) is 0 Å². The summed E-state index contributed by atoms with van der Waals surface area (Å²) in [7, 11) is 0. The van der Waals surface area contributed by atoms with Gasteiger partial charge in [-0.2, -0.15) is 0 Å². The zero-order valence-electron chi connectivity index (χ0n) is 6.72. The van der Waals surface area contributed by atoms with Crippen molar-refractivity contribution in [1.29, 1.82) is 0 Å². The van der Waals surface area contributed by atoms with Crippen LogP contribution < -0.4 is 0 Å². The molecule has 0 amide bonds. The highest BCUT2D eigenvalue weighted by Gasteiger charge is 2.10. The first-order valence-corrected chi connectivity index (χ1v) is 5.57. The number of hydrogen-bond acceptors (Lipinski definition) is 1. The maximum absolute atomic E-state index is 9.56. The number of alkyl halides is 1. The minimum absolute atomic E-state index is 0.431. The number of halogens is 2. The Morgan fingerprint density at radius 1 is 1.50 bits per heavy atom. The van der Waals surface area contributed by atoms with Crippen molar-refractivity contribution in [3.63, 3.8) is 0 Å². The molecule has 0 aliphatic heterocycles. The van der Waals surface area contributed by atoms with E-state index in [9.17, 15) is 5.11 Å². The fraction of sp³-hybridized carbons (Fsp3) is 0.333. The second kappa shape index (κ2) is 4.40. The van der Waals surface area contributed by atoms with E-state index >= 15 is 0 Å². The summed E-state index contributed by atoms with van der Waals surface area (Å²) >= 11 is 6.68. The molecule has 66 valence electrons. The molecule has 0 bridgehead atoms. The van der Waals surface area contributed by atoms with Gasteiger partial charge in [0, 0.05) is 9.80 Å². The van der Waals surface area contributed by atoms with Crippen LogP contribution in [-0.2, 0) is 0 Å². The molecule has 0 spiro atoms.